The average Bonchev–Trinajstić information content (AvgIpc) is 3.01. The topological polar surface area (TPSA) is 97.1 Å². The fourth-order valence-electron chi connectivity index (χ4n) is 2.53. The number of fused-ring (bicyclic) bond motifs is 1. The van der Waals surface area contributed by atoms with Gasteiger partial charge in [-0.15, -0.1) is 5.10 Å². The van der Waals surface area contributed by atoms with Crippen LogP contribution in [0.15, 0.2) is 30.5 Å². The Bertz CT molecular complexity index is 731. The van der Waals surface area contributed by atoms with Crippen molar-refractivity contribution in [1.82, 2.24) is 20.3 Å². The van der Waals surface area contributed by atoms with Crippen molar-refractivity contribution in [3.05, 3.63) is 47.3 Å². The second kappa shape index (κ2) is 6.82. The van der Waals surface area contributed by atoms with Crippen molar-refractivity contribution in [3.8, 4) is 0 Å². The Morgan fingerprint density at radius 3 is 3.00 bits per heavy atom. The van der Waals surface area contributed by atoms with Gasteiger partial charge in [-0.1, -0.05) is 29.5 Å². The number of amides is 1. The van der Waals surface area contributed by atoms with Crippen molar-refractivity contribution < 1.29 is 14.7 Å². The minimum atomic E-state index is -1.16. The Morgan fingerprint density at radius 1 is 1.39 bits per heavy atom. The number of hydrogen-bond donors (Lipinski definition) is 2. The third-order valence-electron chi connectivity index (χ3n) is 3.64. The minimum absolute atomic E-state index is 0.0423. The van der Waals surface area contributed by atoms with Gasteiger partial charge in [-0.2, -0.15) is 11.8 Å². The first-order valence-electron chi connectivity index (χ1n) is 7.23. The van der Waals surface area contributed by atoms with Gasteiger partial charge in [0.25, 0.3) is 0 Å². The maximum Gasteiger partial charge on any atom is 0.358 e. The Hall–Kier alpha value is -2.35. The Labute approximate surface area is 137 Å². The first kappa shape index (κ1) is 15.5. The van der Waals surface area contributed by atoms with E-state index in [0.717, 1.165) is 12.2 Å². The van der Waals surface area contributed by atoms with Gasteiger partial charge in [0.05, 0.1) is 6.20 Å². The van der Waals surface area contributed by atoms with E-state index in [4.69, 9.17) is 5.11 Å². The summed E-state index contributed by atoms with van der Waals surface area (Å²) in [4.78, 5) is 22.7. The number of aromatic nitrogens is 3. The number of nitrogens with zero attached hydrogens (tertiary/aromatic N) is 3. The molecule has 3 rings (SSSR count). The number of carbonyl (C=O) groups is 2. The van der Waals surface area contributed by atoms with Crippen molar-refractivity contribution >= 4 is 23.6 Å². The number of aryl methyl sites for hydroxylation is 1. The van der Waals surface area contributed by atoms with Crippen LogP contribution in [0.5, 0.6) is 0 Å². The molecule has 1 amide bonds. The summed E-state index contributed by atoms with van der Waals surface area (Å²) in [6.07, 6.45) is 2.30. The van der Waals surface area contributed by atoms with Crippen LogP contribution in [-0.2, 0) is 17.8 Å². The molecule has 1 unspecified atom stereocenters. The largest absolute Gasteiger partial charge is 0.476 e. The molecule has 0 radical (unpaired) electrons. The Kier molecular flexibility index (Phi) is 4.61. The molecule has 120 valence electrons. The monoisotopic (exact) mass is 332 g/mol. The van der Waals surface area contributed by atoms with E-state index >= 15 is 0 Å². The van der Waals surface area contributed by atoms with Crippen LogP contribution in [0.3, 0.4) is 0 Å². The molecular formula is C15H16N4O3S. The number of carbonyl (C=O) groups excluding carboxylic acids is 1. The maximum absolute atomic E-state index is 12.0. The van der Waals surface area contributed by atoms with Crippen molar-refractivity contribution in [2.75, 3.05) is 12.3 Å². The molecule has 0 aliphatic carbocycles. The normalized spacial score (nSPS) is 16.6. The SMILES string of the molecule is O=C(Cn1cc(C(=O)O)nn1)NCC1SCCc2ccccc21. The molecule has 2 aromatic rings. The summed E-state index contributed by atoms with van der Waals surface area (Å²) < 4.78 is 1.22. The summed E-state index contributed by atoms with van der Waals surface area (Å²) in [5, 5.41) is 19.0. The number of carboxylic acids is 1. The zero-order valence-electron chi connectivity index (χ0n) is 12.3. The number of nitrogens with one attached hydrogen (secondary N) is 1. The maximum atomic E-state index is 12.0. The van der Waals surface area contributed by atoms with Crippen LogP contribution in [0.4, 0.5) is 0 Å². The van der Waals surface area contributed by atoms with Crippen LogP contribution in [-0.4, -0.2) is 44.3 Å². The summed E-state index contributed by atoms with van der Waals surface area (Å²) in [5.74, 6) is -0.329. The zero-order chi connectivity index (χ0) is 16.2. The molecule has 0 bridgehead atoms. The van der Waals surface area contributed by atoms with Crippen molar-refractivity contribution in [1.29, 1.82) is 0 Å². The third kappa shape index (κ3) is 3.70. The van der Waals surface area contributed by atoms with E-state index in [9.17, 15) is 9.59 Å². The molecule has 0 spiro atoms. The highest BCUT2D eigenvalue weighted by Crippen LogP contribution is 2.35. The van der Waals surface area contributed by atoms with Gasteiger partial charge in [0.2, 0.25) is 5.91 Å². The summed E-state index contributed by atoms with van der Waals surface area (Å²) in [7, 11) is 0. The average molecular weight is 332 g/mol. The molecule has 2 N–H and O–H groups in total. The lowest BCUT2D eigenvalue weighted by molar-refractivity contribution is -0.121. The molecule has 8 heteroatoms. The molecule has 1 aliphatic heterocycles. The van der Waals surface area contributed by atoms with Gasteiger partial charge in [-0.05, 0) is 23.3 Å². The predicted molar refractivity (Wildman–Crippen MR) is 85.3 cm³/mol. The molecule has 0 saturated carbocycles. The van der Waals surface area contributed by atoms with Gasteiger partial charge < -0.3 is 10.4 Å². The fraction of sp³-hybridized carbons (Fsp3) is 0.333. The number of aromatic carboxylic acids is 1. The van der Waals surface area contributed by atoms with E-state index in [1.54, 1.807) is 0 Å². The molecule has 1 aliphatic rings. The highest BCUT2D eigenvalue weighted by Gasteiger charge is 2.21. The fourth-order valence-corrected chi connectivity index (χ4v) is 3.76. The second-order valence-corrected chi connectivity index (χ2v) is 6.53. The van der Waals surface area contributed by atoms with Crippen LogP contribution < -0.4 is 5.32 Å². The summed E-state index contributed by atoms with van der Waals surface area (Å²) in [6, 6.07) is 8.29. The van der Waals surface area contributed by atoms with Gasteiger partial charge in [-0.3, -0.25) is 4.79 Å². The van der Waals surface area contributed by atoms with Gasteiger partial charge >= 0.3 is 5.97 Å². The van der Waals surface area contributed by atoms with Gasteiger partial charge in [0, 0.05) is 11.8 Å². The van der Waals surface area contributed by atoms with Gasteiger partial charge in [0.1, 0.15) is 6.54 Å². The second-order valence-electron chi connectivity index (χ2n) is 5.22. The summed E-state index contributed by atoms with van der Waals surface area (Å²) >= 11 is 1.83. The number of rotatable bonds is 5. The number of carboxylic acid groups (broad SMARTS) is 1. The lowest BCUT2D eigenvalue weighted by Crippen LogP contribution is -2.32. The number of hydrogen-bond acceptors (Lipinski definition) is 5. The van der Waals surface area contributed by atoms with E-state index in [-0.39, 0.29) is 23.4 Å². The lowest BCUT2D eigenvalue weighted by atomic mass is 10.0. The predicted octanol–water partition coefficient (Wildman–Crippen LogP) is 1.12. The zero-order valence-corrected chi connectivity index (χ0v) is 13.1. The molecule has 0 fully saturated rings. The summed E-state index contributed by atoms with van der Waals surface area (Å²) in [6.45, 7) is 0.500. The minimum Gasteiger partial charge on any atom is -0.476 e. The first-order chi connectivity index (χ1) is 11.1. The van der Waals surface area contributed by atoms with Gasteiger partial charge in [0.15, 0.2) is 5.69 Å². The highest BCUT2D eigenvalue weighted by molar-refractivity contribution is 7.99. The quantitative estimate of drug-likeness (QED) is 0.852. The third-order valence-corrected chi connectivity index (χ3v) is 4.90. The molecule has 2 heterocycles. The van der Waals surface area contributed by atoms with Gasteiger partial charge in [-0.25, -0.2) is 9.48 Å². The molecule has 1 atom stereocenters. The van der Waals surface area contributed by atoms with Crippen LogP contribution in [0.2, 0.25) is 0 Å². The molecule has 7 nitrogen and oxygen atoms in total. The first-order valence-corrected chi connectivity index (χ1v) is 8.28. The van der Waals surface area contributed by atoms with E-state index < -0.39 is 5.97 Å². The van der Waals surface area contributed by atoms with Crippen molar-refractivity contribution in [3.63, 3.8) is 0 Å². The van der Waals surface area contributed by atoms with E-state index in [0.29, 0.717) is 6.54 Å². The molecule has 0 saturated heterocycles. The highest BCUT2D eigenvalue weighted by atomic mass is 32.2. The smallest absolute Gasteiger partial charge is 0.358 e. The lowest BCUT2D eigenvalue weighted by Gasteiger charge is -2.25. The number of benzene rings is 1. The molecular weight excluding hydrogens is 316 g/mol. The van der Waals surface area contributed by atoms with E-state index in [1.807, 2.05) is 23.9 Å². The van der Waals surface area contributed by atoms with Crippen LogP contribution >= 0.6 is 11.8 Å². The molecule has 23 heavy (non-hydrogen) atoms. The van der Waals surface area contributed by atoms with Crippen LogP contribution in [0.1, 0.15) is 26.9 Å². The van der Waals surface area contributed by atoms with Crippen LogP contribution in [0, 0.1) is 0 Å². The molecule has 1 aromatic carbocycles. The van der Waals surface area contributed by atoms with Crippen LogP contribution in [0.25, 0.3) is 0 Å². The van der Waals surface area contributed by atoms with E-state index in [2.05, 4.69) is 27.8 Å². The Morgan fingerprint density at radius 2 is 2.22 bits per heavy atom. The number of thioether (sulfide) groups is 1. The van der Waals surface area contributed by atoms with Crippen molar-refractivity contribution in [2.24, 2.45) is 0 Å². The molecule has 1 aromatic heterocycles. The van der Waals surface area contributed by atoms with Crippen molar-refractivity contribution in [2.45, 2.75) is 18.2 Å². The summed E-state index contributed by atoms with van der Waals surface area (Å²) in [5.41, 5.74) is 2.44. The standard InChI is InChI=1S/C15H16N4O3S/c20-14(9-19-8-12(15(21)22)17-18-19)16-7-13-11-4-2-1-3-10(11)5-6-23-13/h1-4,8,13H,5-7,9H2,(H,16,20)(H,21,22). The van der Waals surface area contributed by atoms with E-state index in [1.165, 1.54) is 22.0 Å². The Balaban J connectivity index is 1.56.